The van der Waals surface area contributed by atoms with Gasteiger partial charge in [-0.1, -0.05) is 146 Å². The summed E-state index contributed by atoms with van der Waals surface area (Å²) in [6.07, 6.45) is 8.35. The Bertz CT molecular complexity index is 1930. The fraction of sp³-hybridized carbons (Fsp3) is 0.167. The van der Waals surface area contributed by atoms with E-state index in [2.05, 4.69) is 146 Å². The van der Waals surface area contributed by atoms with Crippen molar-refractivity contribution in [2.75, 3.05) is 0 Å². The fourth-order valence-corrected chi connectivity index (χ4v) is 8.04. The lowest BCUT2D eigenvalue weighted by atomic mass is 10.0. The highest BCUT2D eigenvalue weighted by atomic mass is 14.2. The molecule has 232 valence electrons. The van der Waals surface area contributed by atoms with Crippen molar-refractivity contribution in [1.29, 1.82) is 0 Å². The Kier molecular flexibility index (Phi) is 7.51. The third kappa shape index (κ3) is 5.67. The van der Waals surface area contributed by atoms with Crippen molar-refractivity contribution >= 4 is 0 Å². The molecule has 0 aromatic heterocycles. The van der Waals surface area contributed by atoms with Gasteiger partial charge >= 0.3 is 0 Å². The second kappa shape index (κ2) is 12.4. The largest absolute Gasteiger partial charge is 0.0584 e. The summed E-state index contributed by atoms with van der Waals surface area (Å²) in [5, 5.41) is 0. The van der Waals surface area contributed by atoms with E-state index in [-0.39, 0.29) is 0 Å². The molecule has 8 bridgehead atoms. The van der Waals surface area contributed by atoms with Crippen LogP contribution in [0, 0.1) is 0 Å². The maximum Gasteiger partial charge on any atom is -0.0152 e. The summed E-state index contributed by atoms with van der Waals surface area (Å²) in [4.78, 5) is 0. The van der Waals surface area contributed by atoms with Gasteiger partial charge in [0, 0.05) is 0 Å². The molecule has 0 N–H and O–H groups in total. The summed E-state index contributed by atoms with van der Waals surface area (Å²) in [5.74, 6) is 0. The molecule has 0 heteroatoms. The molecule has 0 fully saturated rings. The second-order valence-corrected chi connectivity index (χ2v) is 13.9. The van der Waals surface area contributed by atoms with E-state index in [1.165, 1.54) is 89.0 Å². The monoisotopic (exact) mass is 616 g/mol. The molecule has 0 heterocycles. The van der Waals surface area contributed by atoms with Gasteiger partial charge in [0.25, 0.3) is 0 Å². The van der Waals surface area contributed by atoms with Gasteiger partial charge in [-0.25, -0.2) is 0 Å². The van der Waals surface area contributed by atoms with Gasteiger partial charge in [-0.2, -0.15) is 0 Å². The topological polar surface area (TPSA) is 0 Å². The first-order chi connectivity index (χ1) is 23.7. The van der Waals surface area contributed by atoms with E-state index < -0.39 is 0 Å². The maximum atomic E-state index is 2.36. The van der Waals surface area contributed by atoms with Crippen molar-refractivity contribution in [1.82, 2.24) is 0 Å². The van der Waals surface area contributed by atoms with Gasteiger partial charge in [-0.3, -0.25) is 0 Å². The van der Waals surface area contributed by atoms with E-state index in [1.54, 1.807) is 0 Å². The van der Waals surface area contributed by atoms with Gasteiger partial charge in [0.15, 0.2) is 0 Å². The van der Waals surface area contributed by atoms with Gasteiger partial charge < -0.3 is 0 Å². The van der Waals surface area contributed by atoms with Crippen LogP contribution in [0.1, 0.15) is 44.5 Å². The Labute approximate surface area is 285 Å². The first-order valence-electron chi connectivity index (χ1n) is 17.8. The van der Waals surface area contributed by atoms with Gasteiger partial charge in [0.05, 0.1) is 0 Å². The van der Waals surface area contributed by atoms with Crippen molar-refractivity contribution in [3.8, 4) is 44.5 Å². The number of rotatable bonds is 0. The average molecular weight is 617 g/mol. The van der Waals surface area contributed by atoms with Crippen LogP contribution in [0.25, 0.3) is 44.5 Å². The van der Waals surface area contributed by atoms with E-state index >= 15 is 0 Å². The lowest BCUT2D eigenvalue weighted by Gasteiger charge is -2.04. The average Bonchev–Trinajstić information content (AvgIpc) is 3.73. The predicted octanol–water partition coefficient (Wildman–Crippen LogP) is 11.6. The fourth-order valence-electron chi connectivity index (χ4n) is 8.04. The molecule has 0 aromatic rings. The zero-order valence-corrected chi connectivity index (χ0v) is 27.5. The molecule has 9 aliphatic rings. The van der Waals surface area contributed by atoms with Gasteiger partial charge in [0.2, 0.25) is 0 Å². The molecule has 0 saturated heterocycles. The molecule has 0 unspecified atom stereocenters. The van der Waals surface area contributed by atoms with Crippen LogP contribution >= 0.6 is 0 Å². The molecule has 0 nitrogen and oxygen atoms in total. The van der Waals surface area contributed by atoms with Gasteiger partial charge in [-0.15, -0.1) is 0 Å². The molecule has 9 rings (SSSR count). The normalized spacial score (nSPS) is 14.0. The smallest absolute Gasteiger partial charge is 0.0152 e. The molecule has 0 aromatic carbocycles. The van der Waals surface area contributed by atoms with Crippen LogP contribution in [0.3, 0.4) is 0 Å². The first-order valence-corrected chi connectivity index (χ1v) is 17.8. The van der Waals surface area contributed by atoms with Crippen LogP contribution in [-0.2, 0) is 51.4 Å². The Morgan fingerprint density at radius 3 is 0.646 bits per heavy atom. The molecule has 0 amide bonds. The minimum Gasteiger partial charge on any atom is -0.0584 e. The van der Waals surface area contributed by atoms with Crippen LogP contribution in [0.15, 0.2) is 146 Å². The standard InChI is InChI=1S/C48H40/c1-2-34-6-14-38-18-22-42(46(38)30-10-34)27-28-44-24-20-40-16-8-36(12-32-48(40)44)4-3-35-7-15-39-19-23-43(47(39)31-11-35)26-25-41-21-17-37-13-5-33(1)9-29-45(37)41/h5-24,29-32H,1-4,25-28H2. The molecule has 48 heavy (non-hydrogen) atoms. The van der Waals surface area contributed by atoms with Crippen molar-refractivity contribution in [2.45, 2.75) is 51.4 Å². The minimum absolute atomic E-state index is 1.04. The minimum atomic E-state index is 1.04. The third-order valence-corrected chi connectivity index (χ3v) is 11.0. The Balaban J connectivity index is 1.07. The van der Waals surface area contributed by atoms with Crippen molar-refractivity contribution < 1.29 is 0 Å². The van der Waals surface area contributed by atoms with Crippen LogP contribution in [-0.4, -0.2) is 0 Å². The highest BCUT2D eigenvalue weighted by Gasteiger charge is 2.15. The molecular formula is C48H40. The van der Waals surface area contributed by atoms with Crippen molar-refractivity contribution in [3.63, 3.8) is 0 Å². The summed E-state index contributed by atoms with van der Waals surface area (Å²) in [6, 6.07) is 56.0. The lowest BCUT2D eigenvalue weighted by Crippen LogP contribution is -1.91. The maximum absolute atomic E-state index is 2.36. The van der Waals surface area contributed by atoms with Crippen molar-refractivity contribution in [3.05, 3.63) is 190 Å². The highest BCUT2D eigenvalue weighted by molar-refractivity contribution is 5.74. The van der Waals surface area contributed by atoms with Crippen LogP contribution < -0.4 is 0 Å². The highest BCUT2D eigenvalue weighted by Crippen LogP contribution is 2.34. The second-order valence-electron chi connectivity index (χ2n) is 13.9. The van der Waals surface area contributed by atoms with Gasteiger partial charge in [-0.05, 0) is 140 Å². The van der Waals surface area contributed by atoms with Crippen molar-refractivity contribution in [2.24, 2.45) is 0 Å². The van der Waals surface area contributed by atoms with Crippen LogP contribution in [0.5, 0.6) is 0 Å². The number of aryl methyl sites for hydroxylation is 8. The summed E-state index contributed by atoms with van der Waals surface area (Å²) >= 11 is 0. The SMILES string of the molecule is c1cc2ccc3c-2ccc1CCc1ccc2ccc(c-2cc1)CCc1ccc2ccc(ccc1-2)CCc1ccc2ccc(c-2cc1)CC3. The number of fused-ring (bicyclic) bond motifs is 8. The molecular weight excluding hydrogens is 577 g/mol. The molecule has 9 aliphatic carbocycles. The molecule has 0 aliphatic heterocycles. The summed E-state index contributed by atoms with van der Waals surface area (Å²) < 4.78 is 0. The zero-order chi connectivity index (χ0) is 31.9. The van der Waals surface area contributed by atoms with E-state index in [9.17, 15) is 0 Å². The third-order valence-electron chi connectivity index (χ3n) is 11.0. The lowest BCUT2D eigenvalue weighted by molar-refractivity contribution is 0.962. The Morgan fingerprint density at radius 1 is 0.188 bits per heavy atom. The molecule has 0 atom stereocenters. The van der Waals surface area contributed by atoms with E-state index in [1.807, 2.05) is 0 Å². The Morgan fingerprint density at radius 2 is 0.396 bits per heavy atom. The molecule has 0 saturated carbocycles. The van der Waals surface area contributed by atoms with E-state index in [4.69, 9.17) is 0 Å². The molecule has 0 spiro atoms. The van der Waals surface area contributed by atoms with Gasteiger partial charge in [0.1, 0.15) is 0 Å². The summed E-state index contributed by atoms with van der Waals surface area (Å²) in [6.45, 7) is 0. The number of hydrogen-bond donors (Lipinski definition) is 0. The van der Waals surface area contributed by atoms with Crippen LogP contribution in [0.2, 0.25) is 0 Å². The van der Waals surface area contributed by atoms with E-state index in [0.29, 0.717) is 0 Å². The number of hydrogen-bond acceptors (Lipinski definition) is 0. The molecule has 0 radical (unpaired) electrons. The first kappa shape index (κ1) is 29.0. The summed E-state index contributed by atoms with van der Waals surface area (Å²) in [5.41, 5.74) is 22.3. The van der Waals surface area contributed by atoms with Crippen LogP contribution in [0.4, 0.5) is 0 Å². The summed E-state index contributed by atoms with van der Waals surface area (Å²) in [7, 11) is 0. The predicted molar refractivity (Wildman–Crippen MR) is 202 cm³/mol. The Hall–Kier alpha value is -5.20. The van der Waals surface area contributed by atoms with E-state index in [0.717, 1.165) is 51.4 Å². The zero-order valence-electron chi connectivity index (χ0n) is 27.5. The quantitative estimate of drug-likeness (QED) is 0.159.